The zero-order valence-electron chi connectivity index (χ0n) is 26.0. The molecule has 1 aliphatic heterocycles. The molecule has 234 valence electrons. The van der Waals surface area contributed by atoms with Crippen LogP contribution in [0.1, 0.15) is 111 Å². The van der Waals surface area contributed by atoms with Crippen LogP contribution in [0.25, 0.3) is 0 Å². The van der Waals surface area contributed by atoms with Gasteiger partial charge in [-0.1, -0.05) is 41.0 Å². The molecule has 3 aliphatic rings. The number of carbonyl (C=O) groups excluding carboxylic acids is 2. The van der Waals surface area contributed by atoms with E-state index in [0.29, 0.717) is 18.8 Å². The van der Waals surface area contributed by atoms with Gasteiger partial charge in [0.25, 0.3) is 0 Å². The van der Waals surface area contributed by atoms with Crippen molar-refractivity contribution in [1.29, 1.82) is 0 Å². The van der Waals surface area contributed by atoms with Crippen LogP contribution in [0.15, 0.2) is 29.9 Å². The minimum absolute atomic E-state index is 0. The average Bonchev–Trinajstić information content (AvgIpc) is 3.43. The van der Waals surface area contributed by atoms with Gasteiger partial charge in [-0.25, -0.2) is 18.1 Å². The molecular weight excluding hydrogens is 569 g/mol. The summed E-state index contributed by atoms with van der Waals surface area (Å²) >= 11 is 0. The van der Waals surface area contributed by atoms with E-state index in [-0.39, 0.29) is 41.6 Å². The fourth-order valence-electron chi connectivity index (χ4n) is 4.26. The van der Waals surface area contributed by atoms with Crippen molar-refractivity contribution in [3.63, 3.8) is 0 Å². The molecule has 2 fully saturated rings. The van der Waals surface area contributed by atoms with Crippen LogP contribution in [0.5, 0.6) is 0 Å². The van der Waals surface area contributed by atoms with Crippen molar-refractivity contribution in [2.24, 2.45) is 0 Å². The molecule has 1 aromatic rings. The number of allylic oxidation sites excluding steroid dienone is 4. The second kappa shape index (κ2) is 19.9. The Morgan fingerprint density at radius 2 is 1.66 bits per heavy atom. The fraction of sp³-hybridized carbons (Fsp3) is 0.677. The van der Waals surface area contributed by atoms with Crippen LogP contribution in [0.3, 0.4) is 0 Å². The van der Waals surface area contributed by atoms with Gasteiger partial charge in [-0.2, -0.15) is 18.3 Å². The molecular formula is C31H50CrF3N4O2-. The second-order valence-corrected chi connectivity index (χ2v) is 10.3. The number of carbonyl (C=O) groups is 2. The molecule has 0 spiro atoms. The molecule has 1 saturated heterocycles. The van der Waals surface area contributed by atoms with E-state index in [2.05, 4.69) is 51.0 Å². The molecule has 0 unspecified atom stereocenters. The monoisotopic (exact) mass is 619 g/mol. The van der Waals surface area contributed by atoms with Crippen molar-refractivity contribution < 1.29 is 40.1 Å². The van der Waals surface area contributed by atoms with Gasteiger partial charge in [-0.05, 0) is 44.6 Å². The van der Waals surface area contributed by atoms with Crippen LogP contribution >= 0.6 is 0 Å². The largest absolute Gasteiger partial charge is 0.433 e. The number of alkyl halides is 3. The van der Waals surface area contributed by atoms with Crippen LogP contribution in [0, 0.1) is 5.92 Å². The maximum Gasteiger partial charge on any atom is 0.433 e. The molecule has 4 rings (SSSR count). The van der Waals surface area contributed by atoms with Crippen LogP contribution in [0.2, 0.25) is 0 Å². The Balaban J connectivity index is 0.000000642. The van der Waals surface area contributed by atoms with E-state index in [9.17, 15) is 22.8 Å². The van der Waals surface area contributed by atoms with Crippen LogP contribution in [-0.4, -0.2) is 57.6 Å². The summed E-state index contributed by atoms with van der Waals surface area (Å²) in [5.41, 5.74) is 1.04. The van der Waals surface area contributed by atoms with Gasteiger partial charge in [-0.3, -0.25) is 14.3 Å². The summed E-state index contributed by atoms with van der Waals surface area (Å²) in [7, 11) is 0. The number of nitrogens with zero attached hydrogens (tertiary/aromatic N) is 4. The van der Waals surface area contributed by atoms with E-state index in [1.807, 2.05) is 18.7 Å². The van der Waals surface area contributed by atoms with Crippen LogP contribution in [-0.2, 0) is 39.7 Å². The Labute approximate surface area is 256 Å². The van der Waals surface area contributed by atoms with Crippen molar-refractivity contribution in [3.05, 3.63) is 47.2 Å². The van der Waals surface area contributed by atoms with E-state index < -0.39 is 11.9 Å². The molecule has 41 heavy (non-hydrogen) atoms. The molecule has 6 nitrogen and oxygen atoms in total. The van der Waals surface area contributed by atoms with Crippen LogP contribution < -0.4 is 0 Å². The predicted molar refractivity (Wildman–Crippen MR) is 156 cm³/mol. The first-order valence-corrected chi connectivity index (χ1v) is 14.8. The zero-order chi connectivity index (χ0) is 30.3. The number of aromatic nitrogens is 2. The summed E-state index contributed by atoms with van der Waals surface area (Å²) in [6, 6.07) is 1.09. The Hall–Kier alpha value is -2.18. The van der Waals surface area contributed by atoms with E-state index in [4.69, 9.17) is 0 Å². The predicted octanol–water partition coefficient (Wildman–Crippen LogP) is 7.57. The number of hydrogen-bond acceptors (Lipinski definition) is 3. The van der Waals surface area contributed by atoms with Gasteiger partial charge in [0.1, 0.15) is 12.2 Å². The smallest absolute Gasteiger partial charge is 0.343 e. The summed E-state index contributed by atoms with van der Waals surface area (Å²) in [6.07, 6.45) is 8.97. The number of rotatable bonds is 7. The van der Waals surface area contributed by atoms with Crippen molar-refractivity contribution in [2.45, 2.75) is 112 Å². The normalized spacial score (nSPS) is 15.7. The maximum atomic E-state index is 13.0. The summed E-state index contributed by atoms with van der Waals surface area (Å²) in [4.78, 5) is 26.3. The molecule has 0 aromatic carbocycles. The van der Waals surface area contributed by atoms with E-state index >= 15 is 0 Å². The molecule has 1 saturated carbocycles. The fourth-order valence-corrected chi connectivity index (χ4v) is 4.26. The third kappa shape index (κ3) is 14.5. The number of hydrogen-bond donors (Lipinski definition) is 0. The Morgan fingerprint density at radius 3 is 2.05 bits per heavy atom. The van der Waals surface area contributed by atoms with Crippen molar-refractivity contribution in [3.8, 4) is 0 Å². The van der Waals surface area contributed by atoms with E-state index in [1.54, 1.807) is 11.8 Å². The third-order valence-corrected chi connectivity index (χ3v) is 6.64. The summed E-state index contributed by atoms with van der Waals surface area (Å²) in [5, 5.41) is 4.00. The third-order valence-electron chi connectivity index (χ3n) is 6.64. The van der Waals surface area contributed by atoms with Crippen molar-refractivity contribution in [2.75, 3.05) is 26.2 Å². The SMILES string of the molecule is CC.CC1=CC[C-](C)C=C1.CCCN(CCC)C(C)=O.O=C(Cn1nc(C2CC2)cc1C(F)(F)F)N1CCCC1.[Cr]. The number of likely N-dealkylation sites (tertiary alicyclic amines) is 1. The summed E-state index contributed by atoms with van der Waals surface area (Å²) in [6.45, 7) is 16.9. The molecule has 0 radical (unpaired) electrons. The van der Waals surface area contributed by atoms with Crippen molar-refractivity contribution in [1.82, 2.24) is 19.6 Å². The summed E-state index contributed by atoms with van der Waals surface area (Å²) < 4.78 is 39.8. The average molecular weight is 620 g/mol. The standard InChI is InChI=1S/C13H16F3N3O.C8H17NO.C8H11.C2H6.Cr/c14-13(15,16)11-7-10(9-3-4-9)17-19(11)8-12(20)18-5-1-2-6-18;1-4-6-9(7-5-2)8(3)10;1-7-3-5-8(2)6-4-7;1-2;/h7,9H,1-6,8H2;4-7H2,1-3H3;3-5H,6H2,1-2H3;1-2H3;/q;;-1;;. The first-order valence-electron chi connectivity index (χ1n) is 14.8. The van der Waals surface area contributed by atoms with Gasteiger partial charge < -0.3 is 9.80 Å². The number of halogens is 3. The summed E-state index contributed by atoms with van der Waals surface area (Å²) in [5.74, 6) is 1.51. The molecule has 0 atom stereocenters. The van der Waals surface area contributed by atoms with Crippen molar-refractivity contribution >= 4 is 11.8 Å². The molecule has 2 amide bonds. The Morgan fingerprint density at radius 1 is 1.10 bits per heavy atom. The second-order valence-electron chi connectivity index (χ2n) is 10.3. The molecule has 0 bridgehead atoms. The molecule has 10 heteroatoms. The number of amides is 2. The van der Waals surface area contributed by atoms with E-state index in [0.717, 1.165) is 68.8 Å². The molecule has 2 heterocycles. The van der Waals surface area contributed by atoms with E-state index in [1.165, 1.54) is 11.5 Å². The Bertz CT molecular complexity index is 959. The minimum atomic E-state index is -4.47. The molecule has 0 N–H and O–H groups in total. The molecule has 1 aromatic heterocycles. The van der Waals surface area contributed by atoms with Crippen LogP contribution in [0.4, 0.5) is 13.2 Å². The van der Waals surface area contributed by atoms with Gasteiger partial charge in [0.2, 0.25) is 11.8 Å². The van der Waals surface area contributed by atoms with Gasteiger partial charge in [0, 0.05) is 56.4 Å². The molecule has 2 aliphatic carbocycles. The van der Waals surface area contributed by atoms with Gasteiger partial charge in [0.05, 0.1) is 5.69 Å². The minimum Gasteiger partial charge on any atom is -0.343 e. The van der Waals surface area contributed by atoms with Gasteiger partial charge in [-0.15, -0.1) is 18.6 Å². The van der Waals surface area contributed by atoms with Gasteiger partial charge >= 0.3 is 6.18 Å². The topological polar surface area (TPSA) is 58.4 Å². The Kier molecular flexibility index (Phi) is 18.8. The zero-order valence-corrected chi connectivity index (χ0v) is 27.3. The first kappa shape index (κ1) is 38.8. The first-order chi connectivity index (χ1) is 19.0. The van der Waals surface area contributed by atoms with Gasteiger partial charge in [0.15, 0.2) is 0 Å². The quantitative estimate of drug-likeness (QED) is 0.296. The maximum absolute atomic E-state index is 13.0.